The Kier molecular flexibility index (Phi) is 6.32. The van der Waals surface area contributed by atoms with Crippen molar-refractivity contribution in [1.29, 1.82) is 0 Å². The minimum absolute atomic E-state index is 0.0443. The summed E-state index contributed by atoms with van der Waals surface area (Å²) >= 11 is 0. The molecular weight excluding hydrogens is 451 g/mol. The number of pyridine rings is 1. The fourth-order valence-electron chi connectivity index (χ4n) is 4.84. The number of alkyl halides is 3. The predicted molar refractivity (Wildman–Crippen MR) is 118 cm³/mol. The lowest BCUT2D eigenvalue weighted by Gasteiger charge is -2.42. The van der Waals surface area contributed by atoms with Gasteiger partial charge in [0, 0.05) is 29.4 Å². The summed E-state index contributed by atoms with van der Waals surface area (Å²) in [6, 6.07) is 3.24. The molecule has 4 N–H and O–H groups in total. The summed E-state index contributed by atoms with van der Waals surface area (Å²) in [6.45, 7) is 6.15. The first-order valence-electron chi connectivity index (χ1n) is 11.3. The van der Waals surface area contributed by atoms with Crippen molar-refractivity contribution < 1.29 is 27.5 Å². The Hall–Kier alpha value is -3.08. The second-order valence-electron chi connectivity index (χ2n) is 9.43. The molecular formula is C23H28F3N5O3. The fraction of sp³-hybridized carbons (Fsp3) is 0.522. The van der Waals surface area contributed by atoms with Crippen LogP contribution in [0.15, 0.2) is 30.2 Å². The first-order chi connectivity index (χ1) is 16.0. The molecule has 1 aliphatic carbocycles. The molecule has 0 bridgehead atoms. The topological polar surface area (TPSA) is 108 Å². The summed E-state index contributed by atoms with van der Waals surface area (Å²) in [7, 11) is 0. The van der Waals surface area contributed by atoms with Gasteiger partial charge in [-0.3, -0.25) is 10.1 Å². The summed E-state index contributed by atoms with van der Waals surface area (Å²) in [4.78, 5) is 31.8. The Balaban J connectivity index is 1.67. The number of esters is 1. The number of fused-ring (bicyclic) bond motifs is 1. The zero-order chi connectivity index (χ0) is 24.7. The van der Waals surface area contributed by atoms with Gasteiger partial charge in [0.15, 0.2) is 0 Å². The number of amides is 1. The molecule has 11 heteroatoms. The SMILES string of the molecule is CC(C)[C@H]1CC[C@H](C)C[C@@H]1NC1(OC(=O)C(F)(F)F)NC(=O)C(=Cc2c[nH]c3ncccc23)N1. The van der Waals surface area contributed by atoms with Crippen LogP contribution in [-0.2, 0) is 14.3 Å². The number of rotatable bonds is 5. The molecule has 4 atom stereocenters. The molecule has 0 spiro atoms. The van der Waals surface area contributed by atoms with E-state index < -0.39 is 24.0 Å². The second kappa shape index (κ2) is 8.94. The van der Waals surface area contributed by atoms with Gasteiger partial charge in [-0.25, -0.2) is 15.1 Å². The average molecular weight is 480 g/mol. The molecule has 1 amide bonds. The molecule has 2 fully saturated rings. The number of aromatic nitrogens is 2. The van der Waals surface area contributed by atoms with Crippen molar-refractivity contribution in [3.63, 3.8) is 0 Å². The monoisotopic (exact) mass is 479 g/mol. The number of carbonyl (C=O) groups is 2. The Labute approximate surface area is 194 Å². The van der Waals surface area contributed by atoms with Crippen LogP contribution in [-0.4, -0.2) is 40.0 Å². The molecule has 1 unspecified atom stereocenters. The highest BCUT2D eigenvalue weighted by molar-refractivity contribution is 6.02. The Morgan fingerprint density at radius 1 is 1.32 bits per heavy atom. The Morgan fingerprint density at radius 3 is 2.79 bits per heavy atom. The van der Waals surface area contributed by atoms with E-state index in [-0.39, 0.29) is 23.6 Å². The van der Waals surface area contributed by atoms with Gasteiger partial charge in [0.1, 0.15) is 11.3 Å². The van der Waals surface area contributed by atoms with Crippen molar-refractivity contribution in [3.05, 3.63) is 35.8 Å². The van der Waals surface area contributed by atoms with Gasteiger partial charge in [-0.2, -0.15) is 13.2 Å². The van der Waals surface area contributed by atoms with E-state index in [0.717, 1.165) is 18.2 Å². The Morgan fingerprint density at radius 2 is 2.09 bits per heavy atom. The van der Waals surface area contributed by atoms with Crippen LogP contribution in [0.5, 0.6) is 0 Å². The molecule has 8 nitrogen and oxygen atoms in total. The van der Waals surface area contributed by atoms with E-state index in [4.69, 9.17) is 4.74 Å². The number of nitrogens with zero attached hydrogens (tertiary/aromatic N) is 1. The molecule has 1 aliphatic heterocycles. The normalized spacial score (nSPS) is 28.9. The molecule has 2 aliphatic rings. The smallest absolute Gasteiger partial charge is 0.399 e. The van der Waals surface area contributed by atoms with E-state index in [0.29, 0.717) is 23.5 Å². The standard InChI is InChI=1S/C23H28F3N5O3/c1-12(2)15-7-6-13(3)9-17(15)29-23(34-21(33)22(24,25)26)30-18(20(32)31-23)10-14-11-28-19-16(14)5-4-8-27-19/h4-5,8,10-13,15,17,29-30H,6-7,9H2,1-3H3,(H,27,28)(H,31,32)/t13-,15+,17-,23?/m0/s1. The zero-order valence-corrected chi connectivity index (χ0v) is 19.1. The van der Waals surface area contributed by atoms with E-state index in [1.807, 2.05) is 13.8 Å². The molecule has 2 aromatic rings. The van der Waals surface area contributed by atoms with E-state index in [2.05, 4.69) is 32.8 Å². The number of H-pyrrole nitrogens is 1. The summed E-state index contributed by atoms with van der Waals surface area (Å²) in [5, 5.41) is 8.85. The summed E-state index contributed by atoms with van der Waals surface area (Å²) in [5.74, 6) is -4.64. The maximum absolute atomic E-state index is 13.1. The van der Waals surface area contributed by atoms with Crippen molar-refractivity contribution in [2.24, 2.45) is 17.8 Å². The van der Waals surface area contributed by atoms with E-state index in [9.17, 15) is 22.8 Å². The number of carbonyl (C=O) groups excluding carboxylic acids is 2. The fourth-order valence-corrected chi connectivity index (χ4v) is 4.84. The average Bonchev–Trinajstić information content (AvgIpc) is 3.28. The van der Waals surface area contributed by atoms with Crippen LogP contribution in [0.1, 0.15) is 45.6 Å². The van der Waals surface area contributed by atoms with Gasteiger partial charge >= 0.3 is 18.1 Å². The maximum Gasteiger partial charge on any atom is 0.491 e. The number of ether oxygens (including phenoxy) is 1. The van der Waals surface area contributed by atoms with E-state index >= 15 is 0 Å². The van der Waals surface area contributed by atoms with Crippen molar-refractivity contribution in [2.45, 2.75) is 58.2 Å². The summed E-state index contributed by atoms with van der Waals surface area (Å²) < 4.78 is 44.2. The van der Waals surface area contributed by atoms with E-state index in [1.165, 1.54) is 6.08 Å². The lowest BCUT2D eigenvalue weighted by molar-refractivity contribution is -0.223. The number of nitrogens with one attached hydrogen (secondary N) is 4. The third-order valence-corrected chi connectivity index (χ3v) is 6.52. The molecule has 2 aromatic heterocycles. The van der Waals surface area contributed by atoms with Crippen molar-refractivity contribution in [3.8, 4) is 0 Å². The van der Waals surface area contributed by atoms with Gasteiger partial charge in [0.25, 0.3) is 5.91 Å². The molecule has 0 radical (unpaired) electrons. The van der Waals surface area contributed by atoms with Gasteiger partial charge in [0.2, 0.25) is 0 Å². The minimum Gasteiger partial charge on any atom is -0.399 e. The van der Waals surface area contributed by atoms with Crippen LogP contribution in [0.3, 0.4) is 0 Å². The molecule has 1 saturated carbocycles. The van der Waals surface area contributed by atoms with Gasteiger partial charge in [-0.05, 0) is 48.8 Å². The number of hydrogen-bond acceptors (Lipinski definition) is 6. The minimum atomic E-state index is -5.23. The number of halogens is 3. The lowest BCUT2D eigenvalue weighted by Crippen LogP contribution is -2.68. The van der Waals surface area contributed by atoms with Crippen LogP contribution in [0.4, 0.5) is 13.2 Å². The molecule has 0 aromatic carbocycles. The third-order valence-electron chi connectivity index (χ3n) is 6.52. The predicted octanol–water partition coefficient (Wildman–Crippen LogP) is 3.39. The largest absolute Gasteiger partial charge is 0.491 e. The molecule has 184 valence electrons. The molecule has 3 heterocycles. The zero-order valence-electron chi connectivity index (χ0n) is 19.1. The maximum atomic E-state index is 13.1. The van der Waals surface area contributed by atoms with Crippen LogP contribution in [0.2, 0.25) is 0 Å². The van der Waals surface area contributed by atoms with E-state index in [1.54, 1.807) is 24.5 Å². The van der Waals surface area contributed by atoms with Crippen molar-refractivity contribution in [1.82, 2.24) is 25.9 Å². The summed E-state index contributed by atoms with van der Waals surface area (Å²) in [5.41, 5.74) is 1.15. The lowest BCUT2D eigenvalue weighted by atomic mass is 9.74. The Bertz CT molecular complexity index is 1110. The molecule has 4 rings (SSSR count). The summed E-state index contributed by atoms with van der Waals surface area (Å²) in [6.07, 6.45) is 2.02. The number of aromatic amines is 1. The van der Waals surface area contributed by atoms with Gasteiger partial charge in [-0.15, -0.1) is 0 Å². The van der Waals surface area contributed by atoms with Gasteiger partial charge < -0.3 is 15.0 Å². The first-order valence-corrected chi connectivity index (χ1v) is 11.3. The van der Waals surface area contributed by atoms with Crippen LogP contribution in [0, 0.1) is 17.8 Å². The molecule has 1 saturated heterocycles. The van der Waals surface area contributed by atoms with Crippen molar-refractivity contribution >= 4 is 29.0 Å². The highest BCUT2D eigenvalue weighted by Gasteiger charge is 2.52. The van der Waals surface area contributed by atoms with Crippen LogP contribution < -0.4 is 16.0 Å². The van der Waals surface area contributed by atoms with Gasteiger partial charge in [0.05, 0.1) is 0 Å². The van der Waals surface area contributed by atoms with Crippen molar-refractivity contribution in [2.75, 3.05) is 0 Å². The second-order valence-corrected chi connectivity index (χ2v) is 9.43. The first kappa shape index (κ1) is 24.1. The quantitative estimate of drug-likeness (QED) is 0.298. The molecule has 34 heavy (non-hydrogen) atoms. The highest BCUT2D eigenvalue weighted by Crippen LogP contribution is 2.35. The highest BCUT2D eigenvalue weighted by atomic mass is 19.4. The third kappa shape index (κ3) is 4.89. The van der Waals surface area contributed by atoms with Gasteiger partial charge in [-0.1, -0.05) is 27.2 Å². The van der Waals surface area contributed by atoms with Crippen LogP contribution in [0.25, 0.3) is 17.1 Å². The van der Waals surface area contributed by atoms with Crippen LogP contribution >= 0.6 is 0 Å². The number of hydrogen-bond donors (Lipinski definition) is 4.